The van der Waals surface area contributed by atoms with Gasteiger partial charge < -0.3 is 20.1 Å². The number of hydrogen-bond acceptors (Lipinski definition) is 5. The number of aromatic nitrogens is 3. The highest BCUT2D eigenvalue weighted by molar-refractivity contribution is 6.06. The molecular formula is C31H37ClN6O3. The van der Waals surface area contributed by atoms with Crippen molar-refractivity contribution in [3.05, 3.63) is 77.2 Å². The van der Waals surface area contributed by atoms with Gasteiger partial charge in [-0.25, -0.2) is 4.68 Å². The zero-order valence-corrected chi connectivity index (χ0v) is 24.8. The Morgan fingerprint density at radius 1 is 1.00 bits per heavy atom. The van der Waals surface area contributed by atoms with E-state index in [0.29, 0.717) is 37.2 Å². The molecule has 0 radical (unpaired) electrons. The van der Waals surface area contributed by atoms with E-state index in [9.17, 15) is 14.4 Å². The number of ketones is 1. The maximum Gasteiger partial charge on any atom is 0.250 e. The van der Waals surface area contributed by atoms with Crippen LogP contribution in [-0.2, 0) is 11.3 Å². The van der Waals surface area contributed by atoms with Gasteiger partial charge in [-0.05, 0) is 63.6 Å². The highest BCUT2D eigenvalue weighted by atomic mass is 35.5. The number of hydrogen-bond donors (Lipinski definition) is 1. The fraction of sp³-hybridized carbons (Fsp3) is 0.355. The molecule has 2 aromatic heterocycles. The van der Waals surface area contributed by atoms with Gasteiger partial charge in [0.05, 0.1) is 28.7 Å². The third-order valence-electron chi connectivity index (χ3n) is 7.80. The molecule has 2 amide bonds. The summed E-state index contributed by atoms with van der Waals surface area (Å²) in [5.41, 5.74) is 11.4. The Labute approximate surface area is 246 Å². The van der Waals surface area contributed by atoms with Gasteiger partial charge >= 0.3 is 0 Å². The van der Waals surface area contributed by atoms with Gasteiger partial charge in [-0.1, -0.05) is 18.6 Å². The molecule has 3 heterocycles. The number of Topliss-reactive ketones (excluding diaryl/α,β-unsaturated/α-hetero) is 1. The van der Waals surface area contributed by atoms with Crippen LogP contribution in [0.2, 0.25) is 0 Å². The van der Waals surface area contributed by atoms with E-state index in [2.05, 4.69) is 29.1 Å². The zero-order valence-electron chi connectivity index (χ0n) is 24.0. The number of carbonyl (C=O) groups excluding carboxylic acids is 3. The molecule has 1 aliphatic heterocycles. The van der Waals surface area contributed by atoms with Crippen molar-refractivity contribution < 1.29 is 14.4 Å². The van der Waals surface area contributed by atoms with Gasteiger partial charge in [-0.15, -0.1) is 12.4 Å². The van der Waals surface area contributed by atoms with E-state index in [4.69, 9.17) is 5.73 Å². The predicted octanol–water partition coefficient (Wildman–Crippen LogP) is 4.68. The van der Waals surface area contributed by atoms with E-state index >= 15 is 0 Å². The SMILES string of the molecule is CCCC(=O)c1cnn(-c2ccc(N3CCN(C(=O)Cn4cc(C(N)=O)c5cc(C)ccc54)CC3C)cc2)c1C.Cl. The van der Waals surface area contributed by atoms with Crippen LogP contribution in [0.1, 0.15) is 58.7 Å². The van der Waals surface area contributed by atoms with Gasteiger partial charge in [-0.2, -0.15) is 5.10 Å². The van der Waals surface area contributed by atoms with Crippen molar-refractivity contribution in [2.24, 2.45) is 5.73 Å². The van der Waals surface area contributed by atoms with Crippen molar-refractivity contribution in [2.45, 2.75) is 53.1 Å². The number of nitrogens with two attached hydrogens (primary N) is 1. The Morgan fingerprint density at radius 2 is 1.71 bits per heavy atom. The van der Waals surface area contributed by atoms with Gasteiger partial charge in [0.25, 0.3) is 5.91 Å². The summed E-state index contributed by atoms with van der Waals surface area (Å²) in [7, 11) is 0. The van der Waals surface area contributed by atoms with Crippen LogP contribution in [0, 0.1) is 13.8 Å². The fourth-order valence-corrected chi connectivity index (χ4v) is 5.64. The van der Waals surface area contributed by atoms with Crippen LogP contribution in [0.15, 0.2) is 54.9 Å². The molecule has 10 heteroatoms. The van der Waals surface area contributed by atoms with Gasteiger partial charge in [0.15, 0.2) is 5.78 Å². The number of amides is 2. The largest absolute Gasteiger partial charge is 0.366 e. The van der Waals surface area contributed by atoms with Crippen LogP contribution >= 0.6 is 12.4 Å². The summed E-state index contributed by atoms with van der Waals surface area (Å²) in [4.78, 5) is 41.9. The van der Waals surface area contributed by atoms with Crippen LogP contribution in [0.5, 0.6) is 0 Å². The van der Waals surface area contributed by atoms with Crippen molar-refractivity contribution in [1.29, 1.82) is 0 Å². The monoisotopic (exact) mass is 576 g/mol. The molecule has 0 bridgehead atoms. The number of aryl methyl sites for hydroxylation is 1. The van der Waals surface area contributed by atoms with Crippen LogP contribution in [0.3, 0.4) is 0 Å². The molecule has 1 aliphatic rings. The molecule has 0 aliphatic carbocycles. The van der Waals surface area contributed by atoms with Crippen LogP contribution in [0.4, 0.5) is 5.69 Å². The van der Waals surface area contributed by atoms with Crippen LogP contribution < -0.4 is 10.6 Å². The lowest BCUT2D eigenvalue weighted by molar-refractivity contribution is -0.132. The first-order chi connectivity index (χ1) is 19.2. The van der Waals surface area contributed by atoms with Gasteiger partial charge in [0, 0.05) is 54.9 Å². The Balaban J connectivity index is 0.00000387. The standard InChI is InChI=1S/C31H36N6O3.ClH/c1-5-6-29(38)26-16-33-37(22(26)4)24-10-8-23(9-11-24)36-14-13-34(17-21(36)3)30(39)19-35-18-27(31(32)40)25-15-20(2)7-12-28(25)35;/h7-12,15-16,18,21H,5-6,13-14,17,19H2,1-4H3,(H2,32,40);1H. The number of benzene rings is 2. The average Bonchev–Trinajstić information content (AvgIpc) is 3.49. The molecule has 216 valence electrons. The van der Waals surface area contributed by atoms with Crippen molar-refractivity contribution in [1.82, 2.24) is 19.2 Å². The summed E-state index contributed by atoms with van der Waals surface area (Å²) in [6.07, 6.45) is 4.68. The quantitative estimate of drug-likeness (QED) is 0.306. The third-order valence-corrected chi connectivity index (χ3v) is 7.80. The maximum absolute atomic E-state index is 13.3. The van der Waals surface area contributed by atoms with E-state index in [1.807, 2.05) is 65.3 Å². The molecular weight excluding hydrogens is 540 g/mol. The lowest BCUT2D eigenvalue weighted by Gasteiger charge is -2.41. The van der Waals surface area contributed by atoms with Crippen LogP contribution in [-0.4, -0.2) is 62.5 Å². The maximum atomic E-state index is 13.3. The molecule has 9 nitrogen and oxygen atoms in total. The van der Waals surface area contributed by atoms with Crippen molar-refractivity contribution in [2.75, 3.05) is 24.5 Å². The molecule has 1 unspecified atom stereocenters. The number of fused-ring (bicyclic) bond motifs is 1. The number of halogens is 1. The summed E-state index contributed by atoms with van der Waals surface area (Å²) in [5, 5.41) is 5.23. The van der Waals surface area contributed by atoms with Crippen molar-refractivity contribution in [3.8, 4) is 5.69 Å². The topological polar surface area (TPSA) is 106 Å². The van der Waals surface area contributed by atoms with E-state index in [1.165, 1.54) is 0 Å². The van der Waals surface area contributed by atoms with Crippen molar-refractivity contribution >= 4 is 46.6 Å². The lowest BCUT2D eigenvalue weighted by atomic mass is 10.1. The van der Waals surface area contributed by atoms with Crippen LogP contribution in [0.25, 0.3) is 16.6 Å². The van der Waals surface area contributed by atoms with E-state index < -0.39 is 5.91 Å². The number of nitrogens with zero attached hydrogens (tertiary/aromatic N) is 5. The average molecular weight is 577 g/mol. The first-order valence-electron chi connectivity index (χ1n) is 13.8. The molecule has 2 N–H and O–H groups in total. The molecule has 1 atom stereocenters. The summed E-state index contributed by atoms with van der Waals surface area (Å²) in [5.74, 6) is -0.362. The van der Waals surface area contributed by atoms with Crippen molar-refractivity contribution in [3.63, 3.8) is 0 Å². The Bertz CT molecular complexity index is 1590. The van der Waals surface area contributed by atoms with Gasteiger partial charge in [0.1, 0.15) is 6.54 Å². The number of rotatable bonds is 8. The number of anilines is 1. The fourth-order valence-electron chi connectivity index (χ4n) is 5.64. The minimum Gasteiger partial charge on any atom is -0.366 e. The second kappa shape index (κ2) is 12.2. The molecule has 41 heavy (non-hydrogen) atoms. The molecule has 2 aromatic carbocycles. The summed E-state index contributed by atoms with van der Waals surface area (Å²) >= 11 is 0. The summed E-state index contributed by atoms with van der Waals surface area (Å²) in [6, 6.07) is 14.1. The third kappa shape index (κ3) is 5.86. The highest BCUT2D eigenvalue weighted by Crippen LogP contribution is 2.26. The first-order valence-corrected chi connectivity index (χ1v) is 13.8. The Hall–Kier alpha value is -4.11. The van der Waals surface area contributed by atoms with E-state index in [-0.39, 0.29) is 36.7 Å². The predicted molar refractivity (Wildman–Crippen MR) is 163 cm³/mol. The molecule has 1 fully saturated rings. The molecule has 1 saturated heterocycles. The van der Waals surface area contributed by atoms with Gasteiger partial charge in [-0.3, -0.25) is 14.4 Å². The van der Waals surface area contributed by atoms with E-state index in [0.717, 1.165) is 40.0 Å². The summed E-state index contributed by atoms with van der Waals surface area (Å²) < 4.78 is 3.63. The van der Waals surface area contributed by atoms with Gasteiger partial charge in [0.2, 0.25) is 5.91 Å². The molecule has 0 saturated carbocycles. The number of carbonyl (C=O) groups is 3. The Kier molecular flexibility index (Phi) is 8.87. The zero-order chi connectivity index (χ0) is 28.6. The normalized spacial score (nSPS) is 15.2. The molecule has 0 spiro atoms. The highest BCUT2D eigenvalue weighted by Gasteiger charge is 2.28. The minimum atomic E-state index is -0.497. The molecule has 4 aromatic rings. The second-order valence-corrected chi connectivity index (χ2v) is 10.7. The first kappa shape index (κ1) is 29.9. The Morgan fingerprint density at radius 3 is 2.37 bits per heavy atom. The molecule has 5 rings (SSSR count). The summed E-state index contributed by atoms with van der Waals surface area (Å²) in [6.45, 7) is 10.1. The number of primary amides is 1. The lowest BCUT2D eigenvalue weighted by Crippen LogP contribution is -2.54. The smallest absolute Gasteiger partial charge is 0.250 e. The second-order valence-electron chi connectivity index (χ2n) is 10.7. The minimum absolute atomic E-state index is 0. The number of piperazine rings is 1. The van der Waals surface area contributed by atoms with E-state index in [1.54, 1.807) is 12.4 Å².